The number of ether oxygens (including phenoxy) is 4. The van der Waals surface area contributed by atoms with E-state index in [1.165, 1.54) is 14.2 Å². The lowest BCUT2D eigenvalue weighted by Gasteiger charge is -2.24. The van der Waals surface area contributed by atoms with Gasteiger partial charge in [0, 0.05) is 12.6 Å². The standard InChI is InChI=1S/C22H30N2O7S/c1-28-17-9-10-18(20(14-17)30-3)24(32(5,26)27)15-22(25)23-12-6-7-16-8-11-19(29-2)21(13-16)31-4/h8-11,13-14H,6-7,12,15H2,1-5H3,(H,23,25). The molecule has 0 aliphatic rings. The first-order valence-electron chi connectivity index (χ1n) is 9.90. The summed E-state index contributed by atoms with van der Waals surface area (Å²) < 4.78 is 46.7. The SMILES string of the molecule is COc1ccc(N(CC(=O)NCCCc2ccc(OC)c(OC)c2)S(C)(=O)=O)c(OC)c1. The molecule has 0 aliphatic heterocycles. The number of amides is 1. The highest BCUT2D eigenvalue weighted by Gasteiger charge is 2.24. The second kappa shape index (κ2) is 11.5. The molecule has 1 N–H and O–H groups in total. The fraction of sp³-hybridized carbons (Fsp3) is 0.409. The van der Waals surface area contributed by atoms with Crippen molar-refractivity contribution in [2.75, 3.05) is 52.1 Å². The molecule has 9 nitrogen and oxygen atoms in total. The van der Waals surface area contributed by atoms with Crippen molar-refractivity contribution >= 4 is 21.6 Å². The van der Waals surface area contributed by atoms with Gasteiger partial charge in [-0.25, -0.2) is 8.42 Å². The van der Waals surface area contributed by atoms with Gasteiger partial charge in [-0.3, -0.25) is 9.10 Å². The summed E-state index contributed by atoms with van der Waals surface area (Å²) in [6.07, 6.45) is 2.43. The second-order valence-electron chi connectivity index (χ2n) is 6.95. The molecule has 2 aromatic carbocycles. The quantitative estimate of drug-likeness (QED) is 0.479. The Labute approximate surface area is 189 Å². The molecule has 32 heavy (non-hydrogen) atoms. The molecule has 0 saturated heterocycles. The zero-order valence-electron chi connectivity index (χ0n) is 19.0. The Morgan fingerprint density at radius 1 is 0.906 bits per heavy atom. The van der Waals surface area contributed by atoms with Crippen molar-refractivity contribution in [3.05, 3.63) is 42.0 Å². The number of carbonyl (C=O) groups excluding carboxylic acids is 1. The zero-order chi connectivity index (χ0) is 23.7. The summed E-state index contributed by atoms with van der Waals surface area (Å²) >= 11 is 0. The average Bonchev–Trinajstić information content (AvgIpc) is 2.78. The molecule has 2 aromatic rings. The van der Waals surface area contributed by atoms with E-state index in [9.17, 15) is 13.2 Å². The lowest BCUT2D eigenvalue weighted by molar-refractivity contribution is -0.119. The summed E-state index contributed by atoms with van der Waals surface area (Å²) in [6.45, 7) is 0.0302. The van der Waals surface area contributed by atoms with Crippen molar-refractivity contribution in [3.63, 3.8) is 0 Å². The number of benzene rings is 2. The fourth-order valence-corrected chi connectivity index (χ4v) is 3.97. The van der Waals surface area contributed by atoms with Crippen LogP contribution in [0.2, 0.25) is 0 Å². The molecule has 0 unspecified atom stereocenters. The maximum atomic E-state index is 12.5. The number of sulfonamides is 1. The van der Waals surface area contributed by atoms with Gasteiger partial charge in [-0.15, -0.1) is 0 Å². The van der Waals surface area contributed by atoms with E-state index >= 15 is 0 Å². The number of hydrogen-bond acceptors (Lipinski definition) is 7. The van der Waals surface area contributed by atoms with Gasteiger partial charge in [-0.05, 0) is 42.7 Å². The number of carbonyl (C=O) groups is 1. The first-order valence-corrected chi connectivity index (χ1v) is 11.8. The minimum atomic E-state index is -3.73. The first kappa shape index (κ1) is 25.1. The van der Waals surface area contributed by atoms with E-state index < -0.39 is 15.9 Å². The van der Waals surface area contributed by atoms with E-state index in [-0.39, 0.29) is 18.0 Å². The van der Waals surface area contributed by atoms with E-state index in [1.807, 2.05) is 18.2 Å². The Kier molecular flexibility index (Phi) is 9.01. The summed E-state index contributed by atoms with van der Waals surface area (Å²) in [5.74, 6) is 1.68. The largest absolute Gasteiger partial charge is 0.497 e. The Morgan fingerprint density at radius 3 is 2.19 bits per heavy atom. The molecule has 1 amide bonds. The molecule has 0 bridgehead atoms. The lowest BCUT2D eigenvalue weighted by Crippen LogP contribution is -2.40. The Balaban J connectivity index is 1.99. The van der Waals surface area contributed by atoms with Crippen LogP contribution >= 0.6 is 0 Å². The van der Waals surface area contributed by atoms with E-state index in [1.54, 1.807) is 32.4 Å². The molecular formula is C22H30N2O7S. The Hall–Kier alpha value is -3.14. The van der Waals surface area contributed by atoms with Crippen molar-refractivity contribution in [3.8, 4) is 23.0 Å². The van der Waals surface area contributed by atoms with Crippen molar-refractivity contribution in [1.29, 1.82) is 0 Å². The third-order valence-electron chi connectivity index (χ3n) is 4.76. The third-order valence-corrected chi connectivity index (χ3v) is 5.88. The Bertz CT molecular complexity index is 1020. The molecule has 0 fully saturated rings. The number of aryl methyl sites for hydroxylation is 1. The number of nitrogens with zero attached hydrogens (tertiary/aromatic N) is 1. The van der Waals surface area contributed by atoms with Crippen molar-refractivity contribution in [1.82, 2.24) is 5.32 Å². The minimum Gasteiger partial charge on any atom is -0.497 e. The summed E-state index contributed by atoms with van der Waals surface area (Å²) in [4.78, 5) is 12.5. The van der Waals surface area contributed by atoms with Gasteiger partial charge in [-0.1, -0.05) is 6.07 Å². The number of hydrogen-bond donors (Lipinski definition) is 1. The summed E-state index contributed by atoms with van der Waals surface area (Å²) in [6, 6.07) is 10.4. The highest BCUT2D eigenvalue weighted by molar-refractivity contribution is 7.92. The predicted octanol–water partition coefficient (Wildman–Crippen LogP) is 2.24. The van der Waals surface area contributed by atoms with Crippen molar-refractivity contribution in [2.45, 2.75) is 12.8 Å². The molecule has 176 valence electrons. The lowest BCUT2D eigenvalue weighted by atomic mass is 10.1. The average molecular weight is 467 g/mol. The molecular weight excluding hydrogens is 436 g/mol. The van der Waals surface area contributed by atoms with Crippen LogP contribution in [0.15, 0.2) is 36.4 Å². The number of anilines is 1. The van der Waals surface area contributed by atoms with Crippen LogP contribution in [0, 0.1) is 0 Å². The summed E-state index contributed by atoms with van der Waals surface area (Å²) in [5.41, 5.74) is 1.30. The minimum absolute atomic E-state index is 0.260. The molecule has 0 aliphatic carbocycles. The van der Waals surface area contributed by atoms with Gasteiger partial charge in [-0.2, -0.15) is 0 Å². The number of methoxy groups -OCH3 is 4. The highest BCUT2D eigenvalue weighted by atomic mass is 32.2. The third kappa shape index (κ3) is 6.68. The van der Waals surface area contributed by atoms with Gasteiger partial charge in [0.2, 0.25) is 15.9 Å². The summed E-state index contributed by atoms with van der Waals surface area (Å²) in [5, 5.41) is 2.77. The predicted molar refractivity (Wildman–Crippen MR) is 123 cm³/mol. The fourth-order valence-electron chi connectivity index (χ4n) is 3.11. The topological polar surface area (TPSA) is 103 Å². The van der Waals surface area contributed by atoms with Crippen LogP contribution in [0.3, 0.4) is 0 Å². The molecule has 0 atom stereocenters. The van der Waals surface area contributed by atoms with E-state index in [2.05, 4.69) is 5.32 Å². The van der Waals surface area contributed by atoms with Crippen molar-refractivity contribution < 1.29 is 32.2 Å². The molecule has 0 saturated carbocycles. The van der Waals surface area contributed by atoms with Crippen LogP contribution < -0.4 is 28.6 Å². The number of rotatable bonds is 12. The molecule has 2 rings (SSSR count). The van der Waals surface area contributed by atoms with E-state index in [4.69, 9.17) is 18.9 Å². The zero-order valence-corrected chi connectivity index (χ0v) is 19.8. The number of nitrogens with one attached hydrogen (secondary N) is 1. The maximum Gasteiger partial charge on any atom is 0.240 e. The van der Waals surface area contributed by atoms with Crippen LogP contribution in [0.1, 0.15) is 12.0 Å². The van der Waals surface area contributed by atoms with Gasteiger partial charge in [0.1, 0.15) is 18.0 Å². The van der Waals surface area contributed by atoms with Gasteiger partial charge in [0.15, 0.2) is 11.5 Å². The monoisotopic (exact) mass is 466 g/mol. The smallest absolute Gasteiger partial charge is 0.240 e. The van der Waals surface area contributed by atoms with Gasteiger partial charge in [0.05, 0.1) is 40.4 Å². The molecule has 0 radical (unpaired) electrons. The maximum absolute atomic E-state index is 12.5. The normalized spacial score (nSPS) is 10.9. The van der Waals surface area contributed by atoms with Crippen LogP contribution in [0.5, 0.6) is 23.0 Å². The molecule has 0 heterocycles. The van der Waals surface area contributed by atoms with Crippen LogP contribution in [-0.4, -0.2) is 62.1 Å². The van der Waals surface area contributed by atoms with Crippen molar-refractivity contribution in [2.24, 2.45) is 0 Å². The Morgan fingerprint density at radius 2 is 1.59 bits per heavy atom. The van der Waals surface area contributed by atoms with Gasteiger partial charge in [0.25, 0.3) is 0 Å². The second-order valence-corrected chi connectivity index (χ2v) is 8.86. The highest BCUT2D eigenvalue weighted by Crippen LogP contribution is 2.33. The van der Waals surface area contributed by atoms with Gasteiger partial charge < -0.3 is 24.3 Å². The van der Waals surface area contributed by atoms with Crippen LogP contribution in [0.4, 0.5) is 5.69 Å². The first-order chi connectivity index (χ1) is 15.2. The van der Waals surface area contributed by atoms with E-state index in [0.29, 0.717) is 36.6 Å². The van der Waals surface area contributed by atoms with E-state index in [0.717, 1.165) is 16.1 Å². The molecule has 10 heteroatoms. The van der Waals surface area contributed by atoms with Crippen LogP contribution in [-0.2, 0) is 21.2 Å². The summed E-state index contributed by atoms with van der Waals surface area (Å²) in [7, 11) is 2.35. The van der Waals surface area contributed by atoms with Gasteiger partial charge >= 0.3 is 0 Å². The molecule has 0 spiro atoms. The van der Waals surface area contributed by atoms with Crippen LogP contribution in [0.25, 0.3) is 0 Å². The molecule has 0 aromatic heterocycles.